The molecule has 2 heterocycles. The number of rotatable bonds is 2. The molecule has 0 saturated heterocycles. The Morgan fingerprint density at radius 2 is 2.04 bits per heavy atom. The maximum atomic E-state index is 12.8. The third kappa shape index (κ3) is 3.22. The minimum atomic E-state index is 0.0326. The molecule has 1 aliphatic heterocycles. The van der Waals surface area contributed by atoms with Crippen LogP contribution in [0.3, 0.4) is 0 Å². The van der Waals surface area contributed by atoms with Crippen molar-refractivity contribution in [2.45, 2.75) is 13.0 Å². The Bertz CT molecular complexity index is 953. The van der Waals surface area contributed by atoms with Crippen molar-refractivity contribution in [1.29, 1.82) is 0 Å². The molecule has 1 aromatic heterocycles. The molecule has 0 aliphatic carbocycles. The molecule has 25 heavy (non-hydrogen) atoms. The van der Waals surface area contributed by atoms with Gasteiger partial charge in [0.25, 0.3) is 5.91 Å². The smallest absolute Gasteiger partial charge is 0.254 e. The summed E-state index contributed by atoms with van der Waals surface area (Å²) in [5.74, 6) is 0.0326. The second kappa shape index (κ2) is 6.65. The monoisotopic (exact) mass is 415 g/mol. The summed E-state index contributed by atoms with van der Waals surface area (Å²) < 4.78 is 0.902. The Morgan fingerprint density at radius 3 is 2.84 bits per heavy atom. The van der Waals surface area contributed by atoms with Gasteiger partial charge < -0.3 is 4.90 Å². The van der Waals surface area contributed by atoms with E-state index in [1.165, 1.54) is 0 Å². The number of carbonyl (C=O) groups excluding carboxylic acids is 1. The van der Waals surface area contributed by atoms with Gasteiger partial charge >= 0.3 is 0 Å². The lowest BCUT2D eigenvalue weighted by Crippen LogP contribution is -2.35. The van der Waals surface area contributed by atoms with Crippen LogP contribution in [-0.4, -0.2) is 27.5 Å². The fraction of sp³-hybridized carbons (Fsp3) is 0.158. The normalized spacial score (nSPS) is 13.6. The standard InChI is InChI=1S/C19H15BrClN3O/c20-14-5-1-4-13(9-14)19(25)24-8-7-17-16(11-24)18(23-22-17)12-3-2-6-15(21)10-12/h1-6,9-10H,7-8,11H2,(H,22,23). The maximum Gasteiger partial charge on any atom is 0.254 e. The largest absolute Gasteiger partial charge is 0.334 e. The molecule has 0 spiro atoms. The van der Waals surface area contributed by atoms with E-state index in [9.17, 15) is 4.79 Å². The summed E-state index contributed by atoms with van der Waals surface area (Å²) in [6.07, 6.45) is 0.767. The van der Waals surface area contributed by atoms with Crippen LogP contribution in [0.25, 0.3) is 11.3 Å². The first-order valence-electron chi connectivity index (χ1n) is 7.99. The van der Waals surface area contributed by atoms with Gasteiger partial charge in [-0.2, -0.15) is 5.10 Å². The van der Waals surface area contributed by atoms with Crippen LogP contribution in [0.5, 0.6) is 0 Å². The lowest BCUT2D eigenvalue weighted by atomic mass is 10.0. The van der Waals surface area contributed by atoms with Crippen LogP contribution in [0, 0.1) is 0 Å². The van der Waals surface area contributed by atoms with E-state index in [4.69, 9.17) is 11.6 Å². The van der Waals surface area contributed by atoms with Crippen LogP contribution < -0.4 is 0 Å². The predicted octanol–water partition coefficient (Wildman–Crippen LogP) is 4.69. The quantitative estimate of drug-likeness (QED) is 0.659. The van der Waals surface area contributed by atoms with Crippen molar-refractivity contribution in [2.24, 2.45) is 0 Å². The van der Waals surface area contributed by atoms with Crippen LogP contribution in [-0.2, 0) is 13.0 Å². The fourth-order valence-corrected chi connectivity index (χ4v) is 3.74. The van der Waals surface area contributed by atoms with Crippen molar-refractivity contribution < 1.29 is 4.79 Å². The van der Waals surface area contributed by atoms with Gasteiger partial charge in [0.1, 0.15) is 0 Å². The molecule has 0 bridgehead atoms. The molecule has 1 N–H and O–H groups in total. The Morgan fingerprint density at radius 1 is 1.20 bits per heavy atom. The average molecular weight is 417 g/mol. The number of benzene rings is 2. The zero-order valence-corrected chi connectivity index (χ0v) is 15.6. The molecule has 0 unspecified atom stereocenters. The highest BCUT2D eigenvalue weighted by Gasteiger charge is 2.26. The molecule has 1 aliphatic rings. The molecule has 0 fully saturated rings. The van der Waals surface area contributed by atoms with Crippen molar-refractivity contribution in [3.05, 3.63) is 74.8 Å². The minimum absolute atomic E-state index is 0.0326. The Labute approximate surface area is 158 Å². The number of amides is 1. The molecular weight excluding hydrogens is 402 g/mol. The lowest BCUT2D eigenvalue weighted by Gasteiger charge is -2.27. The molecule has 4 nitrogen and oxygen atoms in total. The zero-order valence-electron chi connectivity index (χ0n) is 13.3. The van der Waals surface area contributed by atoms with Crippen molar-refractivity contribution in [2.75, 3.05) is 6.54 Å². The number of aromatic nitrogens is 2. The zero-order chi connectivity index (χ0) is 17.4. The van der Waals surface area contributed by atoms with E-state index in [2.05, 4.69) is 26.1 Å². The molecule has 2 aromatic carbocycles. The third-order valence-electron chi connectivity index (χ3n) is 4.39. The second-order valence-corrected chi connectivity index (χ2v) is 7.38. The molecule has 4 rings (SSSR count). The molecule has 6 heteroatoms. The number of carbonyl (C=O) groups is 1. The number of nitrogens with one attached hydrogen (secondary N) is 1. The average Bonchev–Trinajstić information content (AvgIpc) is 3.04. The summed E-state index contributed by atoms with van der Waals surface area (Å²) in [6.45, 7) is 1.22. The Hall–Kier alpha value is -2.11. The molecule has 3 aromatic rings. The van der Waals surface area contributed by atoms with E-state index >= 15 is 0 Å². The van der Waals surface area contributed by atoms with Crippen molar-refractivity contribution in [1.82, 2.24) is 15.1 Å². The SMILES string of the molecule is O=C(c1cccc(Br)c1)N1CCc2[nH]nc(-c3cccc(Cl)c3)c2C1. The number of fused-ring (bicyclic) bond motifs is 1. The van der Waals surface area contributed by atoms with Crippen LogP contribution in [0.4, 0.5) is 0 Å². The molecule has 126 valence electrons. The second-order valence-electron chi connectivity index (χ2n) is 6.03. The maximum absolute atomic E-state index is 12.8. The van der Waals surface area contributed by atoms with Gasteiger partial charge in [0.2, 0.25) is 0 Å². The van der Waals surface area contributed by atoms with Crippen LogP contribution >= 0.6 is 27.5 Å². The van der Waals surface area contributed by atoms with Crippen molar-refractivity contribution in [3.8, 4) is 11.3 Å². The van der Waals surface area contributed by atoms with E-state index in [-0.39, 0.29) is 5.91 Å². The van der Waals surface area contributed by atoms with Crippen molar-refractivity contribution >= 4 is 33.4 Å². The van der Waals surface area contributed by atoms with Gasteiger partial charge in [-0.25, -0.2) is 0 Å². The van der Waals surface area contributed by atoms with E-state index in [1.807, 2.05) is 53.4 Å². The fourth-order valence-electron chi connectivity index (χ4n) is 3.15. The van der Waals surface area contributed by atoms with Gasteiger partial charge in [-0.15, -0.1) is 0 Å². The number of H-pyrrole nitrogens is 1. The Kier molecular flexibility index (Phi) is 4.36. The highest BCUT2D eigenvalue weighted by Crippen LogP contribution is 2.30. The topological polar surface area (TPSA) is 49.0 Å². The van der Waals surface area contributed by atoms with E-state index in [1.54, 1.807) is 0 Å². The summed E-state index contributed by atoms with van der Waals surface area (Å²) in [7, 11) is 0. The van der Waals surface area contributed by atoms with Gasteiger partial charge in [-0.1, -0.05) is 45.7 Å². The van der Waals surface area contributed by atoms with Gasteiger partial charge in [-0.05, 0) is 30.3 Å². The Balaban J connectivity index is 1.65. The predicted molar refractivity (Wildman–Crippen MR) is 102 cm³/mol. The number of aromatic amines is 1. The molecular formula is C19H15BrClN3O. The highest BCUT2D eigenvalue weighted by molar-refractivity contribution is 9.10. The summed E-state index contributed by atoms with van der Waals surface area (Å²) in [6, 6.07) is 15.1. The van der Waals surface area contributed by atoms with Gasteiger partial charge in [-0.3, -0.25) is 9.89 Å². The van der Waals surface area contributed by atoms with E-state index in [0.29, 0.717) is 23.7 Å². The summed E-state index contributed by atoms with van der Waals surface area (Å²) in [4.78, 5) is 14.7. The minimum Gasteiger partial charge on any atom is -0.334 e. The lowest BCUT2D eigenvalue weighted by molar-refractivity contribution is 0.0734. The van der Waals surface area contributed by atoms with Crippen LogP contribution in [0.15, 0.2) is 53.0 Å². The molecule has 0 radical (unpaired) electrons. The van der Waals surface area contributed by atoms with Gasteiger partial charge in [0, 0.05) is 51.4 Å². The summed E-state index contributed by atoms with van der Waals surface area (Å²) in [5.41, 5.74) is 4.67. The molecule has 1 amide bonds. The van der Waals surface area contributed by atoms with Crippen molar-refractivity contribution in [3.63, 3.8) is 0 Å². The summed E-state index contributed by atoms with van der Waals surface area (Å²) in [5, 5.41) is 8.25. The number of hydrogen-bond donors (Lipinski definition) is 1. The van der Waals surface area contributed by atoms with E-state index in [0.717, 1.165) is 33.4 Å². The number of nitrogens with zero attached hydrogens (tertiary/aromatic N) is 2. The third-order valence-corrected chi connectivity index (χ3v) is 5.12. The van der Waals surface area contributed by atoms with E-state index < -0.39 is 0 Å². The molecule has 0 saturated carbocycles. The first-order valence-corrected chi connectivity index (χ1v) is 9.16. The van der Waals surface area contributed by atoms with Gasteiger partial charge in [0.05, 0.1) is 5.69 Å². The van der Waals surface area contributed by atoms with Crippen LogP contribution in [0.2, 0.25) is 5.02 Å². The highest BCUT2D eigenvalue weighted by atomic mass is 79.9. The number of halogens is 2. The van der Waals surface area contributed by atoms with Crippen LogP contribution in [0.1, 0.15) is 21.6 Å². The first kappa shape index (κ1) is 16.4. The molecule has 0 atom stereocenters. The summed E-state index contributed by atoms with van der Waals surface area (Å²) >= 11 is 9.54. The van der Waals surface area contributed by atoms with Gasteiger partial charge in [0.15, 0.2) is 0 Å². The first-order chi connectivity index (χ1) is 12.1. The number of hydrogen-bond acceptors (Lipinski definition) is 2.